The first-order chi connectivity index (χ1) is 9.41. The van der Waals surface area contributed by atoms with Gasteiger partial charge in [0.05, 0.1) is 31.0 Å². The van der Waals surface area contributed by atoms with Gasteiger partial charge in [-0.3, -0.25) is 9.05 Å². The Morgan fingerprint density at radius 2 is 2.10 bits per heavy atom. The predicted molar refractivity (Wildman–Crippen MR) is 73.4 cm³/mol. The summed E-state index contributed by atoms with van der Waals surface area (Å²) in [6, 6.07) is 0. The van der Waals surface area contributed by atoms with Gasteiger partial charge in [-0.1, -0.05) is 13.8 Å². The van der Waals surface area contributed by atoms with Gasteiger partial charge in [0, 0.05) is 13.0 Å². The Labute approximate surface area is 120 Å². The average molecular weight is 308 g/mol. The molecule has 2 fully saturated rings. The lowest BCUT2D eigenvalue weighted by Crippen LogP contribution is -2.25. The van der Waals surface area contributed by atoms with E-state index in [4.69, 9.17) is 18.5 Å². The van der Waals surface area contributed by atoms with Crippen molar-refractivity contribution in [3.05, 3.63) is 0 Å². The molecule has 2 heterocycles. The maximum atomic E-state index is 12.0. The van der Waals surface area contributed by atoms with Crippen molar-refractivity contribution >= 4 is 7.82 Å². The third-order valence-corrected chi connectivity index (χ3v) is 4.98. The molecule has 2 saturated heterocycles. The molecular weight excluding hydrogens is 283 g/mol. The highest BCUT2D eigenvalue weighted by molar-refractivity contribution is 7.47. The summed E-state index contributed by atoms with van der Waals surface area (Å²) in [6.45, 7) is 6.66. The van der Waals surface area contributed by atoms with Crippen LogP contribution in [0.3, 0.4) is 0 Å². The average Bonchev–Trinajstić information content (AvgIpc) is 2.92. The van der Waals surface area contributed by atoms with Crippen LogP contribution in [-0.4, -0.2) is 42.5 Å². The molecule has 0 aromatic carbocycles. The molecule has 0 aliphatic carbocycles. The van der Waals surface area contributed by atoms with E-state index in [9.17, 15) is 9.46 Å². The Hall–Kier alpha value is 0.0300. The summed E-state index contributed by atoms with van der Waals surface area (Å²) >= 11 is 0. The highest BCUT2D eigenvalue weighted by Crippen LogP contribution is 2.47. The topological polar surface area (TPSA) is 74.2 Å². The first-order valence-corrected chi connectivity index (χ1v) is 8.83. The van der Waals surface area contributed by atoms with Gasteiger partial charge >= 0.3 is 7.82 Å². The highest BCUT2D eigenvalue weighted by Gasteiger charge is 2.37. The van der Waals surface area contributed by atoms with Gasteiger partial charge in [0.25, 0.3) is 0 Å². The standard InChI is InChI=1S/C13H25O6P/c1-4-11-12(5-6-16-11)19-20(14,15)17-8-13-9(2)7-10(3)18-13/h9-13H,4-8H2,1-3H3,(H,14,15). The van der Waals surface area contributed by atoms with Gasteiger partial charge in [0.1, 0.15) is 0 Å². The van der Waals surface area contributed by atoms with Gasteiger partial charge in [-0.15, -0.1) is 0 Å². The first-order valence-electron chi connectivity index (χ1n) is 7.34. The second kappa shape index (κ2) is 6.86. The summed E-state index contributed by atoms with van der Waals surface area (Å²) in [5.74, 6) is 0.322. The molecule has 0 aromatic heterocycles. The van der Waals surface area contributed by atoms with E-state index >= 15 is 0 Å². The van der Waals surface area contributed by atoms with E-state index in [0.717, 1.165) is 12.8 Å². The number of rotatable bonds is 6. The summed E-state index contributed by atoms with van der Waals surface area (Å²) in [6.07, 6.45) is 1.86. The zero-order valence-corrected chi connectivity index (χ0v) is 13.3. The molecule has 0 spiro atoms. The van der Waals surface area contributed by atoms with Gasteiger partial charge in [-0.25, -0.2) is 4.57 Å². The minimum absolute atomic E-state index is 0.0870. The molecule has 2 rings (SSSR count). The molecule has 0 radical (unpaired) electrons. The summed E-state index contributed by atoms with van der Waals surface area (Å²) in [5, 5.41) is 0. The molecule has 1 N–H and O–H groups in total. The molecule has 0 aromatic rings. The molecule has 7 heteroatoms. The van der Waals surface area contributed by atoms with Crippen LogP contribution in [0.4, 0.5) is 0 Å². The van der Waals surface area contributed by atoms with Crippen molar-refractivity contribution in [3.63, 3.8) is 0 Å². The summed E-state index contributed by atoms with van der Waals surface area (Å²) < 4.78 is 33.4. The first kappa shape index (κ1) is 16.4. The smallest absolute Gasteiger partial charge is 0.375 e. The van der Waals surface area contributed by atoms with Crippen molar-refractivity contribution < 1.29 is 28.0 Å². The van der Waals surface area contributed by atoms with Crippen molar-refractivity contribution in [2.75, 3.05) is 13.2 Å². The molecule has 0 amide bonds. The molecule has 6 unspecified atom stereocenters. The van der Waals surface area contributed by atoms with E-state index in [1.165, 1.54) is 0 Å². The minimum atomic E-state index is -4.05. The van der Waals surface area contributed by atoms with Gasteiger partial charge in [-0.05, 0) is 25.7 Å². The van der Waals surface area contributed by atoms with Crippen LogP contribution in [0.1, 0.15) is 40.0 Å². The SMILES string of the molecule is CCC1OCCC1OP(=O)(O)OCC1OC(C)CC1C. The molecule has 2 aliphatic rings. The number of phosphoric acid groups is 1. The van der Waals surface area contributed by atoms with Crippen LogP contribution in [-0.2, 0) is 23.1 Å². The lowest BCUT2D eigenvalue weighted by Gasteiger charge is -2.22. The van der Waals surface area contributed by atoms with Crippen molar-refractivity contribution in [2.45, 2.75) is 64.4 Å². The van der Waals surface area contributed by atoms with Crippen molar-refractivity contribution in [2.24, 2.45) is 5.92 Å². The number of phosphoric ester groups is 1. The summed E-state index contributed by atoms with van der Waals surface area (Å²) in [4.78, 5) is 9.80. The van der Waals surface area contributed by atoms with E-state index in [0.29, 0.717) is 18.9 Å². The van der Waals surface area contributed by atoms with Crippen LogP contribution in [0.25, 0.3) is 0 Å². The lowest BCUT2D eigenvalue weighted by molar-refractivity contribution is -0.00712. The summed E-state index contributed by atoms with van der Waals surface area (Å²) in [5.41, 5.74) is 0. The molecule has 2 aliphatic heterocycles. The van der Waals surface area contributed by atoms with Crippen LogP contribution >= 0.6 is 7.82 Å². The van der Waals surface area contributed by atoms with Gasteiger partial charge in [0.15, 0.2) is 0 Å². The van der Waals surface area contributed by atoms with Crippen molar-refractivity contribution in [1.82, 2.24) is 0 Å². The van der Waals surface area contributed by atoms with Crippen LogP contribution in [0.5, 0.6) is 0 Å². The van der Waals surface area contributed by atoms with Crippen LogP contribution in [0, 0.1) is 5.92 Å². The van der Waals surface area contributed by atoms with Gasteiger partial charge in [-0.2, -0.15) is 0 Å². The normalized spacial score (nSPS) is 40.9. The van der Waals surface area contributed by atoms with Crippen LogP contribution < -0.4 is 0 Å². The zero-order valence-electron chi connectivity index (χ0n) is 12.4. The van der Waals surface area contributed by atoms with E-state index < -0.39 is 7.82 Å². The Morgan fingerprint density at radius 1 is 1.35 bits per heavy atom. The largest absolute Gasteiger partial charge is 0.472 e. The van der Waals surface area contributed by atoms with Crippen molar-refractivity contribution in [3.8, 4) is 0 Å². The quantitative estimate of drug-likeness (QED) is 0.760. The van der Waals surface area contributed by atoms with Crippen molar-refractivity contribution in [1.29, 1.82) is 0 Å². The second-order valence-corrected chi connectivity index (χ2v) is 7.12. The van der Waals surface area contributed by atoms with E-state index in [-0.39, 0.29) is 31.0 Å². The predicted octanol–water partition coefficient (Wildman–Crippen LogP) is 2.50. The molecule has 6 atom stereocenters. The number of hydrogen-bond donors (Lipinski definition) is 1. The fraction of sp³-hybridized carbons (Fsp3) is 1.00. The minimum Gasteiger partial charge on any atom is -0.375 e. The molecule has 20 heavy (non-hydrogen) atoms. The van der Waals surface area contributed by atoms with Crippen LogP contribution in [0.2, 0.25) is 0 Å². The number of hydrogen-bond acceptors (Lipinski definition) is 5. The van der Waals surface area contributed by atoms with Crippen LogP contribution in [0.15, 0.2) is 0 Å². The fourth-order valence-electron chi connectivity index (χ4n) is 2.87. The third kappa shape index (κ3) is 4.26. The Balaban J connectivity index is 1.80. The fourth-order valence-corrected chi connectivity index (χ4v) is 3.85. The molecular formula is C13H25O6P. The third-order valence-electron chi connectivity index (χ3n) is 3.97. The Kier molecular flexibility index (Phi) is 5.63. The lowest BCUT2D eigenvalue weighted by atomic mass is 10.0. The Morgan fingerprint density at radius 3 is 2.70 bits per heavy atom. The summed E-state index contributed by atoms with van der Waals surface area (Å²) in [7, 11) is -4.05. The highest BCUT2D eigenvalue weighted by atomic mass is 31.2. The van der Waals surface area contributed by atoms with E-state index in [2.05, 4.69) is 6.92 Å². The van der Waals surface area contributed by atoms with E-state index in [1.54, 1.807) is 0 Å². The molecule has 0 saturated carbocycles. The monoisotopic (exact) mass is 308 g/mol. The molecule has 118 valence electrons. The second-order valence-electron chi connectivity index (χ2n) is 5.71. The zero-order chi connectivity index (χ0) is 14.8. The molecule has 0 bridgehead atoms. The van der Waals surface area contributed by atoms with E-state index in [1.807, 2.05) is 13.8 Å². The van der Waals surface area contributed by atoms with Gasteiger partial charge in [0.2, 0.25) is 0 Å². The maximum absolute atomic E-state index is 12.0. The molecule has 6 nitrogen and oxygen atoms in total. The maximum Gasteiger partial charge on any atom is 0.472 e. The van der Waals surface area contributed by atoms with Gasteiger partial charge < -0.3 is 14.4 Å². The number of ether oxygens (including phenoxy) is 2. The Bertz CT molecular complexity index is 363.